The van der Waals surface area contributed by atoms with Gasteiger partial charge < -0.3 is 15.0 Å². The minimum Gasteiger partial charge on any atom is -0.468 e. The molecule has 1 saturated heterocycles. The third-order valence-electron chi connectivity index (χ3n) is 4.42. The number of ether oxygens (including phenoxy) is 1. The van der Waals surface area contributed by atoms with E-state index in [1.54, 1.807) is 28.0 Å². The predicted molar refractivity (Wildman–Crippen MR) is 104 cm³/mol. The van der Waals surface area contributed by atoms with Crippen LogP contribution in [0.2, 0.25) is 0 Å². The van der Waals surface area contributed by atoms with Gasteiger partial charge in [-0.15, -0.1) is 23.1 Å². The molecule has 0 spiro atoms. The van der Waals surface area contributed by atoms with Crippen molar-refractivity contribution in [3.8, 4) is 0 Å². The Morgan fingerprint density at radius 1 is 1.27 bits per heavy atom. The molecular weight excluding hydrogens is 368 g/mol. The van der Waals surface area contributed by atoms with Crippen LogP contribution >= 0.6 is 23.1 Å². The summed E-state index contributed by atoms with van der Waals surface area (Å²) in [7, 11) is 1.39. The molecule has 7 heteroatoms. The van der Waals surface area contributed by atoms with E-state index in [4.69, 9.17) is 4.74 Å². The Balaban J connectivity index is 1.64. The molecule has 26 heavy (non-hydrogen) atoms. The number of benzene rings is 1. The van der Waals surface area contributed by atoms with E-state index in [-0.39, 0.29) is 23.2 Å². The maximum Gasteiger partial charge on any atom is 0.320 e. The Labute approximate surface area is 161 Å². The molecule has 2 N–H and O–H groups in total. The van der Waals surface area contributed by atoms with Crippen LogP contribution in [0.25, 0.3) is 0 Å². The van der Waals surface area contributed by atoms with E-state index in [0.717, 1.165) is 5.75 Å². The molecule has 1 aliphatic heterocycles. The lowest BCUT2D eigenvalue weighted by atomic mass is 10.1. The summed E-state index contributed by atoms with van der Waals surface area (Å²) in [6.07, 6.45) is 0. The van der Waals surface area contributed by atoms with Gasteiger partial charge in [0.2, 0.25) is 0 Å². The number of hydrogen-bond donors (Lipinski definition) is 1. The van der Waals surface area contributed by atoms with Gasteiger partial charge in [-0.2, -0.15) is 0 Å². The van der Waals surface area contributed by atoms with Crippen LogP contribution in [0.15, 0.2) is 47.8 Å². The smallest absolute Gasteiger partial charge is 0.320 e. The monoisotopic (exact) mass is 391 g/mol. The topological polar surface area (TPSA) is 63.2 Å². The second-order valence-corrected chi connectivity index (χ2v) is 8.36. The van der Waals surface area contributed by atoms with Gasteiger partial charge in [0.05, 0.1) is 12.0 Å². The van der Waals surface area contributed by atoms with Gasteiger partial charge in [0, 0.05) is 24.4 Å². The Morgan fingerprint density at radius 3 is 2.77 bits per heavy atom. The highest BCUT2D eigenvalue weighted by Crippen LogP contribution is 2.23. The summed E-state index contributed by atoms with van der Waals surface area (Å²) < 4.78 is 4.82. The van der Waals surface area contributed by atoms with Crippen LogP contribution in [-0.4, -0.2) is 54.5 Å². The summed E-state index contributed by atoms with van der Waals surface area (Å²) in [6, 6.07) is 14.5. The number of carbonyl (C=O) groups excluding carboxylic acids is 2. The Kier molecular flexibility index (Phi) is 6.71. The molecule has 2 atom stereocenters. The molecule has 0 bridgehead atoms. The van der Waals surface area contributed by atoms with Gasteiger partial charge in [0.25, 0.3) is 5.91 Å². The van der Waals surface area contributed by atoms with Crippen molar-refractivity contribution in [2.45, 2.75) is 11.3 Å². The lowest BCUT2D eigenvalue weighted by Gasteiger charge is -2.30. The second-order valence-electron chi connectivity index (χ2n) is 6.07. The maximum atomic E-state index is 12.7. The number of carbonyl (C=O) groups is 2. The Hall–Kier alpha value is -1.83. The van der Waals surface area contributed by atoms with Crippen LogP contribution in [0.4, 0.5) is 0 Å². The van der Waals surface area contributed by atoms with E-state index < -0.39 is 0 Å². The molecule has 0 radical (unpaired) electrons. The van der Waals surface area contributed by atoms with Crippen molar-refractivity contribution < 1.29 is 19.6 Å². The summed E-state index contributed by atoms with van der Waals surface area (Å²) in [6.45, 7) is 1.47. The number of methoxy groups -OCH3 is 1. The zero-order valence-electron chi connectivity index (χ0n) is 14.7. The molecule has 1 fully saturated rings. The van der Waals surface area contributed by atoms with Crippen molar-refractivity contribution in [3.63, 3.8) is 0 Å². The summed E-state index contributed by atoms with van der Waals surface area (Å²) in [5, 5.41) is 3.86. The first-order chi connectivity index (χ1) is 12.7. The molecule has 0 aliphatic carbocycles. The SMILES string of the molecule is COC(=O)[C@H]1CN(C(=O)C[NH2+][C@H](c2ccccc2)c2cccs2)CCS1. The summed E-state index contributed by atoms with van der Waals surface area (Å²) in [5.41, 5.74) is 1.18. The van der Waals surface area contributed by atoms with Crippen molar-refractivity contribution >= 4 is 35.0 Å². The number of hydrogen-bond acceptors (Lipinski definition) is 5. The Bertz CT molecular complexity index is 722. The van der Waals surface area contributed by atoms with Crippen LogP contribution in [0, 0.1) is 0 Å². The molecule has 138 valence electrons. The number of thiophene rings is 1. The zero-order valence-corrected chi connectivity index (χ0v) is 16.3. The molecule has 2 heterocycles. The first-order valence-electron chi connectivity index (χ1n) is 8.58. The lowest BCUT2D eigenvalue weighted by Crippen LogP contribution is -2.87. The van der Waals surface area contributed by atoms with E-state index in [2.05, 4.69) is 28.9 Å². The fraction of sp³-hybridized carbons (Fsp3) is 0.368. The normalized spacial score (nSPS) is 18.3. The van der Waals surface area contributed by atoms with Gasteiger partial charge in [-0.3, -0.25) is 9.59 Å². The molecule has 3 rings (SSSR count). The number of nitrogens with two attached hydrogens (primary N) is 1. The highest BCUT2D eigenvalue weighted by Gasteiger charge is 2.30. The van der Waals surface area contributed by atoms with E-state index in [9.17, 15) is 9.59 Å². The quantitative estimate of drug-likeness (QED) is 0.759. The van der Waals surface area contributed by atoms with Crippen molar-refractivity contribution in [2.24, 2.45) is 0 Å². The van der Waals surface area contributed by atoms with E-state index >= 15 is 0 Å². The zero-order chi connectivity index (χ0) is 18.4. The minimum absolute atomic E-state index is 0.0664. The third kappa shape index (κ3) is 4.66. The van der Waals surface area contributed by atoms with Gasteiger partial charge in [-0.1, -0.05) is 36.4 Å². The highest BCUT2D eigenvalue weighted by molar-refractivity contribution is 8.00. The molecule has 1 aromatic heterocycles. The van der Waals surface area contributed by atoms with E-state index in [1.165, 1.54) is 17.6 Å². The van der Waals surface area contributed by atoms with Crippen LogP contribution in [0.3, 0.4) is 0 Å². The summed E-state index contributed by atoms with van der Waals surface area (Å²) in [5.74, 6) is 0.576. The molecule has 1 aromatic carbocycles. The highest BCUT2D eigenvalue weighted by atomic mass is 32.2. The van der Waals surface area contributed by atoms with Gasteiger partial charge >= 0.3 is 5.97 Å². The lowest BCUT2D eigenvalue weighted by molar-refractivity contribution is -0.676. The standard InChI is InChI=1S/C19H22N2O3S2/c1-24-19(23)16-13-21(9-11-26-16)17(22)12-20-18(15-8-5-10-25-15)14-6-3-2-4-7-14/h2-8,10,16,18,20H,9,11-13H2,1H3/p+1/t16-,18-/m1/s1. The van der Waals surface area contributed by atoms with E-state index in [1.807, 2.05) is 24.3 Å². The molecule has 0 unspecified atom stereocenters. The van der Waals surface area contributed by atoms with Gasteiger partial charge in [0.15, 0.2) is 6.54 Å². The van der Waals surface area contributed by atoms with Crippen molar-refractivity contribution in [1.82, 2.24) is 4.90 Å². The predicted octanol–water partition coefficient (Wildman–Crippen LogP) is 1.52. The number of rotatable bonds is 6. The number of nitrogens with zero attached hydrogens (tertiary/aromatic N) is 1. The first kappa shape index (κ1) is 18.9. The first-order valence-corrected chi connectivity index (χ1v) is 10.5. The molecule has 2 aromatic rings. The number of amides is 1. The molecule has 1 amide bonds. The molecular formula is C19H23N2O3S2+. The van der Waals surface area contributed by atoms with E-state index in [0.29, 0.717) is 19.6 Å². The molecule has 5 nitrogen and oxygen atoms in total. The van der Waals surface area contributed by atoms with Crippen LogP contribution in [0.1, 0.15) is 16.5 Å². The summed E-state index contributed by atoms with van der Waals surface area (Å²) >= 11 is 3.26. The number of esters is 1. The summed E-state index contributed by atoms with van der Waals surface area (Å²) in [4.78, 5) is 27.5. The largest absolute Gasteiger partial charge is 0.468 e. The third-order valence-corrected chi connectivity index (χ3v) is 6.54. The van der Waals surface area contributed by atoms with Crippen molar-refractivity contribution in [3.05, 3.63) is 58.3 Å². The number of thioether (sulfide) groups is 1. The van der Waals surface area contributed by atoms with Gasteiger partial charge in [-0.05, 0) is 11.4 Å². The van der Waals surface area contributed by atoms with Gasteiger partial charge in [0.1, 0.15) is 11.3 Å². The average Bonchev–Trinajstić information content (AvgIpc) is 3.23. The van der Waals surface area contributed by atoms with Crippen molar-refractivity contribution in [2.75, 3.05) is 32.5 Å². The average molecular weight is 392 g/mol. The second kappa shape index (κ2) is 9.21. The number of quaternary nitrogens is 1. The molecule has 0 saturated carbocycles. The maximum absolute atomic E-state index is 12.7. The van der Waals surface area contributed by atoms with Gasteiger partial charge in [-0.25, -0.2) is 0 Å². The van der Waals surface area contributed by atoms with Crippen molar-refractivity contribution in [1.29, 1.82) is 0 Å². The molecule has 1 aliphatic rings. The van der Waals surface area contributed by atoms with Crippen LogP contribution < -0.4 is 5.32 Å². The fourth-order valence-corrected chi connectivity index (χ4v) is 5.02. The Morgan fingerprint density at radius 2 is 2.08 bits per heavy atom. The van der Waals surface area contributed by atoms with Crippen LogP contribution in [0.5, 0.6) is 0 Å². The minimum atomic E-state index is -0.278. The fourth-order valence-electron chi connectivity index (χ4n) is 3.04. The van der Waals surface area contributed by atoms with Crippen LogP contribution in [-0.2, 0) is 14.3 Å².